The Hall–Kier alpha value is -0.160. The molecule has 2 atom stereocenters. The Morgan fingerprint density at radius 1 is 1.33 bits per heavy atom. The molecule has 0 aromatic heterocycles. The fraction of sp³-hybridized carbons (Fsp3) is 1.00. The second-order valence-electron chi connectivity index (χ2n) is 2.18. The molecule has 1 rings (SSSR count). The van der Waals surface area contributed by atoms with Gasteiger partial charge in [0.15, 0.2) is 0 Å². The molecule has 4 nitrogen and oxygen atoms in total. The van der Waals surface area contributed by atoms with Crippen LogP contribution in [0.1, 0.15) is 13.3 Å². The normalized spacial score (nSPS) is 49.3. The summed E-state index contributed by atoms with van der Waals surface area (Å²) >= 11 is 0. The number of hydrogen-bond donors (Lipinski definition) is 3. The number of rotatable bonds is 2. The van der Waals surface area contributed by atoms with Crippen molar-refractivity contribution >= 4 is 0 Å². The van der Waals surface area contributed by atoms with Crippen LogP contribution < -0.4 is 0 Å². The lowest BCUT2D eigenvalue weighted by Gasteiger charge is -2.02. The molecule has 2 unspecified atom stereocenters. The first-order valence-corrected chi connectivity index (χ1v) is 2.84. The first-order valence-electron chi connectivity index (χ1n) is 2.84. The van der Waals surface area contributed by atoms with Gasteiger partial charge in [0.25, 0.3) is 0 Å². The molecule has 3 N–H and O–H groups in total. The van der Waals surface area contributed by atoms with Gasteiger partial charge >= 0.3 is 0 Å². The van der Waals surface area contributed by atoms with E-state index in [4.69, 9.17) is 15.3 Å². The van der Waals surface area contributed by atoms with Gasteiger partial charge in [0.1, 0.15) is 6.61 Å². The lowest BCUT2D eigenvalue weighted by atomic mass is 10.2. The van der Waals surface area contributed by atoms with Gasteiger partial charge in [-0.25, -0.2) is 0 Å². The molecule has 0 aromatic carbocycles. The minimum atomic E-state index is -1.69. The fourth-order valence-electron chi connectivity index (χ4n) is 0.758. The van der Waals surface area contributed by atoms with E-state index >= 15 is 0 Å². The molecule has 0 spiro atoms. The zero-order valence-electron chi connectivity index (χ0n) is 5.16. The summed E-state index contributed by atoms with van der Waals surface area (Å²) in [6.45, 7) is 1.10. The summed E-state index contributed by atoms with van der Waals surface area (Å²) in [5, 5.41) is 26.4. The lowest BCUT2D eigenvalue weighted by Crippen LogP contribution is -2.28. The molecule has 9 heavy (non-hydrogen) atoms. The molecule has 0 radical (unpaired) electrons. The molecule has 1 saturated heterocycles. The Morgan fingerprint density at radius 2 is 1.89 bits per heavy atom. The van der Waals surface area contributed by atoms with Crippen LogP contribution in [0, 0.1) is 0 Å². The Labute approximate surface area is 52.7 Å². The van der Waals surface area contributed by atoms with E-state index in [1.165, 1.54) is 0 Å². The van der Waals surface area contributed by atoms with Crippen LogP contribution in [-0.2, 0) is 4.74 Å². The summed E-state index contributed by atoms with van der Waals surface area (Å²) in [5.41, 5.74) is 0. The van der Waals surface area contributed by atoms with Crippen molar-refractivity contribution in [2.75, 3.05) is 6.61 Å². The first kappa shape index (κ1) is 6.95. The van der Waals surface area contributed by atoms with Gasteiger partial charge in [0, 0.05) is 6.42 Å². The maximum atomic E-state index is 9.02. The van der Waals surface area contributed by atoms with E-state index in [1.54, 1.807) is 6.92 Å². The monoisotopic (exact) mass is 134 g/mol. The Bertz CT molecular complexity index is 112. The highest BCUT2D eigenvalue weighted by Crippen LogP contribution is 2.45. The highest BCUT2D eigenvalue weighted by molar-refractivity contribution is 4.98. The van der Waals surface area contributed by atoms with Crippen molar-refractivity contribution in [2.45, 2.75) is 24.9 Å². The van der Waals surface area contributed by atoms with Crippen LogP contribution in [0.15, 0.2) is 0 Å². The predicted molar refractivity (Wildman–Crippen MR) is 28.4 cm³/mol. The number of aliphatic hydroxyl groups excluding tert-OH is 1. The molecule has 1 fully saturated rings. The minimum absolute atomic E-state index is 0.282. The third-order valence-corrected chi connectivity index (χ3v) is 1.60. The average Bonchev–Trinajstić information content (AvgIpc) is 2.39. The molecule has 1 heterocycles. The third-order valence-electron chi connectivity index (χ3n) is 1.60. The van der Waals surface area contributed by atoms with Crippen molar-refractivity contribution < 1.29 is 20.1 Å². The van der Waals surface area contributed by atoms with Gasteiger partial charge in [0.2, 0.25) is 11.6 Å². The zero-order valence-corrected chi connectivity index (χ0v) is 5.16. The van der Waals surface area contributed by atoms with Gasteiger partial charge in [-0.3, -0.25) is 0 Å². The van der Waals surface area contributed by atoms with Crippen molar-refractivity contribution in [3.05, 3.63) is 0 Å². The molecule has 1 aliphatic rings. The van der Waals surface area contributed by atoms with E-state index in [0.717, 1.165) is 0 Å². The largest absolute Gasteiger partial charge is 0.391 e. The van der Waals surface area contributed by atoms with Gasteiger partial charge in [-0.05, 0) is 0 Å². The van der Waals surface area contributed by atoms with E-state index < -0.39 is 18.2 Å². The van der Waals surface area contributed by atoms with Crippen molar-refractivity contribution in [2.24, 2.45) is 0 Å². The summed E-state index contributed by atoms with van der Waals surface area (Å²) in [4.78, 5) is 0. The molecule has 0 aliphatic carbocycles. The van der Waals surface area contributed by atoms with Crippen LogP contribution in [0.5, 0.6) is 0 Å². The molecular formula is C5H10O4. The van der Waals surface area contributed by atoms with Crippen molar-refractivity contribution in [3.8, 4) is 0 Å². The average molecular weight is 134 g/mol. The Morgan fingerprint density at radius 3 is 2.00 bits per heavy atom. The van der Waals surface area contributed by atoms with Gasteiger partial charge in [-0.15, -0.1) is 0 Å². The molecule has 1 aliphatic heterocycles. The minimum Gasteiger partial charge on any atom is -0.391 e. The van der Waals surface area contributed by atoms with E-state index in [1.807, 2.05) is 0 Å². The fourth-order valence-corrected chi connectivity index (χ4v) is 0.758. The third kappa shape index (κ3) is 0.753. The van der Waals surface area contributed by atoms with Crippen LogP contribution in [0.2, 0.25) is 0 Å². The van der Waals surface area contributed by atoms with E-state index in [9.17, 15) is 0 Å². The number of hydrogen-bond acceptors (Lipinski definition) is 4. The van der Waals surface area contributed by atoms with Crippen LogP contribution in [0.4, 0.5) is 0 Å². The maximum Gasteiger partial charge on any atom is 0.247 e. The van der Waals surface area contributed by atoms with Gasteiger partial charge < -0.3 is 20.1 Å². The smallest absolute Gasteiger partial charge is 0.247 e. The number of epoxide rings is 1. The van der Waals surface area contributed by atoms with Crippen LogP contribution in [0.3, 0.4) is 0 Å². The predicted octanol–water partition coefficient (Wildman–Crippen LogP) is -1.20. The zero-order chi connectivity index (χ0) is 7.12. The summed E-state index contributed by atoms with van der Waals surface area (Å²) in [7, 11) is 0. The molecule has 0 bridgehead atoms. The van der Waals surface area contributed by atoms with Crippen molar-refractivity contribution in [1.29, 1.82) is 0 Å². The summed E-state index contributed by atoms with van der Waals surface area (Å²) in [6.07, 6.45) is 0.282. The van der Waals surface area contributed by atoms with Crippen LogP contribution >= 0.6 is 0 Å². The molecule has 0 aromatic rings. The molecular weight excluding hydrogens is 124 g/mol. The SMILES string of the molecule is CCC1(O)OC1(O)CO. The Balaban J connectivity index is 2.54. The van der Waals surface area contributed by atoms with Gasteiger partial charge in [0.05, 0.1) is 0 Å². The molecule has 4 heteroatoms. The summed E-state index contributed by atoms with van der Waals surface area (Å²) in [5.74, 6) is -3.19. The summed E-state index contributed by atoms with van der Waals surface area (Å²) < 4.78 is 4.45. The quantitative estimate of drug-likeness (QED) is 0.414. The highest BCUT2D eigenvalue weighted by atomic mass is 16.8. The molecule has 0 saturated carbocycles. The standard InChI is InChI=1S/C5H10O4/c1-2-4(7)5(8,3-6)9-4/h6-8H,2-3H2,1H3. The highest BCUT2D eigenvalue weighted by Gasteiger charge is 2.68. The molecule has 54 valence electrons. The second kappa shape index (κ2) is 1.67. The Kier molecular flexibility index (Phi) is 1.29. The van der Waals surface area contributed by atoms with Gasteiger partial charge in [-0.2, -0.15) is 0 Å². The number of aliphatic hydroxyl groups is 3. The van der Waals surface area contributed by atoms with Crippen LogP contribution in [0.25, 0.3) is 0 Å². The van der Waals surface area contributed by atoms with Crippen molar-refractivity contribution in [3.63, 3.8) is 0 Å². The van der Waals surface area contributed by atoms with Crippen LogP contribution in [-0.4, -0.2) is 33.5 Å². The first-order chi connectivity index (χ1) is 4.08. The topological polar surface area (TPSA) is 73.2 Å². The van der Waals surface area contributed by atoms with Gasteiger partial charge in [-0.1, -0.05) is 6.92 Å². The maximum absolute atomic E-state index is 9.02. The van der Waals surface area contributed by atoms with E-state index in [0.29, 0.717) is 0 Å². The van der Waals surface area contributed by atoms with Crippen molar-refractivity contribution in [1.82, 2.24) is 0 Å². The second-order valence-corrected chi connectivity index (χ2v) is 2.18. The van der Waals surface area contributed by atoms with E-state index in [2.05, 4.69) is 4.74 Å². The number of ether oxygens (including phenoxy) is 1. The lowest BCUT2D eigenvalue weighted by molar-refractivity contribution is -0.0232. The summed E-state index contributed by atoms with van der Waals surface area (Å²) in [6, 6.07) is 0. The molecule has 0 amide bonds. The van der Waals surface area contributed by atoms with E-state index in [-0.39, 0.29) is 6.42 Å².